The van der Waals surface area contributed by atoms with Crippen LogP contribution in [0.25, 0.3) is 0 Å². The average Bonchev–Trinajstić information content (AvgIpc) is 3.14. The summed E-state index contributed by atoms with van der Waals surface area (Å²) in [6, 6.07) is 9.10. The molecule has 10 heteroatoms. The van der Waals surface area contributed by atoms with Gasteiger partial charge in [-0.1, -0.05) is 24.6 Å². The maximum atomic E-state index is 13.1. The number of rotatable bonds is 6. The molecule has 0 radical (unpaired) electrons. The molecule has 0 spiro atoms. The summed E-state index contributed by atoms with van der Waals surface area (Å²) in [6.45, 7) is 2.13. The van der Waals surface area contributed by atoms with Crippen LogP contribution in [0.1, 0.15) is 30.5 Å². The highest BCUT2D eigenvalue weighted by molar-refractivity contribution is 14.0. The molecule has 1 aliphatic heterocycles. The van der Waals surface area contributed by atoms with Gasteiger partial charge in [0.05, 0.1) is 17.1 Å². The highest BCUT2D eigenvalue weighted by Crippen LogP contribution is 2.23. The third-order valence-electron chi connectivity index (χ3n) is 4.93. The summed E-state index contributed by atoms with van der Waals surface area (Å²) in [7, 11) is 0.0941. The van der Waals surface area contributed by atoms with Crippen molar-refractivity contribution in [2.24, 2.45) is 12.0 Å². The first kappa shape index (κ1) is 23.6. The standard InChI is InChI=1S/C19H28N6O2S.HI/c1-20-19(22-15-17-10-11-23-24(17)2)21-14-16-8-4-5-9-18(16)28(26,27)25-12-6-3-7-13-25;/h4-5,8-11H,3,6-7,12-15H2,1-2H3,(H2,20,21,22);1H. The van der Waals surface area contributed by atoms with E-state index in [-0.39, 0.29) is 24.0 Å². The van der Waals surface area contributed by atoms with Crippen LogP contribution >= 0.6 is 24.0 Å². The van der Waals surface area contributed by atoms with E-state index in [9.17, 15) is 8.42 Å². The van der Waals surface area contributed by atoms with Gasteiger partial charge in [-0.3, -0.25) is 9.67 Å². The van der Waals surface area contributed by atoms with E-state index >= 15 is 0 Å². The van der Waals surface area contributed by atoms with E-state index in [0.29, 0.717) is 37.0 Å². The number of nitrogens with zero attached hydrogens (tertiary/aromatic N) is 4. The van der Waals surface area contributed by atoms with Crippen LogP contribution in [0.15, 0.2) is 46.4 Å². The number of guanidine groups is 1. The van der Waals surface area contributed by atoms with Crippen molar-refractivity contribution in [3.05, 3.63) is 47.8 Å². The molecule has 0 unspecified atom stereocenters. The molecule has 2 N–H and O–H groups in total. The van der Waals surface area contributed by atoms with E-state index in [0.717, 1.165) is 30.5 Å². The molecule has 1 aromatic heterocycles. The lowest BCUT2D eigenvalue weighted by Crippen LogP contribution is -2.38. The molecule has 1 aromatic carbocycles. The summed E-state index contributed by atoms with van der Waals surface area (Å²) in [5.41, 5.74) is 1.76. The second-order valence-corrected chi connectivity index (χ2v) is 8.70. The SMILES string of the molecule is CN=C(NCc1ccccc1S(=O)(=O)N1CCCCC1)NCc1ccnn1C.I. The number of benzene rings is 1. The summed E-state index contributed by atoms with van der Waals surface area (Å²) < 4.78 is 29.6. The predicted octanol–water partition coefficient (Wildman–Crippen LogP) is 2.08. The van der Waals surface area contributed by atoms with Gasteiger partial charge in [-0.2, -0.15) is 9.40 Å². The maximum absolute atomic E-state index is 13.1. The molecular weight excluding hydrogens is 503 g/mol. The zero-order valence-corrected chi connectivity index (χ0v) is 20.0. The Morgan fingerprint density at radius 2 is 1.79 bits per heavy atom. The van der Waals surface area contributed by atoms with Crippen molar-refractivity contribution < 1.29 is 8.42 Å². The number of aliphatic imine (C=N–C) groups is 1. The second kappa shape index (κ2) is 10.9. The van der Waals surface area contributed by atoms with Crippen molar-refractivity contribution in [3.63, 3.8) is 0 Å². The van der Waals surface area contributed by atoms with E-state index in [2.05, 4.69) is 20.7 Å². The molecule has 3 rings (SSSR count). The van der Waals surface area contributed by atoms with Crippen molar-refractivity contribution in [2.45, 2.75) is 37.2 Å². The van der Waals surface area contributed by atoms with E-state index in [1.165, 1.54) is 0 Å². The summed E-state index contributed by atoms with van der Waals surface area (Å²) in [5, 5.41) is 10.6. The Balaban J connectivity index is 0.00000300. The van der Waals surface area contributed by atoms with Crippen molar-refractivity contribution in [1.29, 1.82) is 0 Å². The van der Waals surface area contributed by atoms with Gasteiger partial charge in [0.15, 0.2) is 5.96 Å². The second-order valence-electron chi connectivity index (χ2n) is 6.80. The van der Waals surface area contributed by atoms with Crippen LogP contribution in [0.3, 0.4) is 0 Å². The van der Waals surface area contributed by atoms with Gasteiger partial charge in [0.1, 0.15) is 0 Å². The lowest BCUT2D eigenvalue weighted by Gasteiger charge is -2.27. The van der Waals surface area contributed by atoms with Gasteiger partial charge < -0.3 is 10.6 Å². The fraction of sp³-hybridized carbons (Fsp3) is 0.474. The zero-order valence-electron chi connectivity index (χ0n) is 16.8. The van der Waals surface area contributed by atoms with E-state index < -0.39 is 10.0 Å². The quantitative estimate of drug-likeness (QED) is 0.338. The first-order valence-electron chi connectivity index (χ1n) is 9.52. The Bertz CT molecular complexity index is 922. The Kier molecular flexibility index (Phi) is 8.90. The van der Waals surface area contributed by atoms with Gasteiger partial charge >= 0.3 is 0 Å². The average molecular weight is 532 g/mol. The minimum absolute atomic E-state index is 0. The number of hydrogen-bond acceptors (Lipinski definition) is 4. The minimum Gasteiger partial charge on any atom is -0.352 e. The number of aryl methyl sites for hydroxylation is 1. The topological polar surface area (TPSA) is 91.6 Å². The molecule has 0 saturated carbocycles. The normalized spacial score (nSPS) is 15.6. The van der Waals surface area contributed by atoms with E-state index in [4.69, 9.17) is 0 Å². The first-order chi connectivity index (χ1) is 13.5. The highest BCUT2D eigenvalue weighted by atomic mass is 127. The van der Waals surface area contributed by atoms with Crippen LogP contribution in [0.5, 0.6) is 0 Å². The highest BCUT2D eigenvalue weighted by Gasteiger charge is 2.27. The number of sulfonamides is 1. The van der Waals surface area contributed by atoms with E-state index in [1.54, 1.807) is 34.4 Å². The molecule has 160 valence electrons. The number of nitrogens with one attached hydrogen (secondary N) is 2. The molecule has 1 aliphatic rings. The maximum Gasteiger partial charge on any atom is 0.243 e. The summed E-state index contributed by atoms with van der Waals surface area (Å²) in [6.07, 6.45) is 4.68. The number of halogens is 1. The predicted molar refractivity (Wildman–Crippen MR) is 125 cm³/mol. The first-order valence-corrected chi connectivity index (χ1v) is 11.0. The lowest BCUT2D eigenvalue weighted by atomic mass is 10.2. The van der Waals surface area contributed by atoms with Crippen LogP contribution in [-0.2, 0) is 30.2 Å². The van der Waals surface area contributed by atoms with Crippen molar-refractivity contribution >= 4 is 40.0 Å². The largest absolute Gasteiger partial charge is 0.352 e. The van der Waals surface area contributed by atoms with Gasteiger partial charge in [0.25, 0.3) is 0 Å². The van der Waals surface area contributed by atoms with Crippen LogP contribution < -0.4 is 10.6 Å². The van der Waals surface area contributed by atoms with Crippen molar-refractivity contribution in [1.82, 2.24) is 24.7 Å². The van der Waals surface area contributed by atoms with E-state index in [1.807, 2.05) is 25.2 Å². The Morgan fingerprint density at radius 1 is 1.10 bits per heavy atom. The fourth-order valence-corrected chi connectivity index (χ4v) is 5.03. The van der Waals surface area contributed by atoms with Gasteiger partial charge in [-0.25, -0.2) is 8.42 Å². The Labute approximate surface area is 189 Å². The molecule has 8 nitrogen and oxygen atoms in total. The van der Waals surface area contributed by atoms with Crippen LogP contribution in [0.2, 0.25) is 0 Å². The van der Waals surface area contributed by atoms with Gasteiger partial charge in [-0.05, 0) is 30.5 Å². The smallest absolute Gasteiger partial charge is 0.243 e. The summed E-state index contributed by atoms with van der Waals surface area (Å²) in [4.78, 5) is 4.59. The Hall–Kier alpha value is -1.66. The molecule has 1 fully saturated rings. The van der Waals surface area contributed by atoms with Gasteiger partial charge in [0.2, 0.25) is 10.0 Å². The third kappa shape index (κ3) is 5.92. The number of piperidine rings is 1. The van der Waals surface area contributed by atoms with Crippen LogP contribution in [-0.4, -0.2) is 48.6 Å². The van der Waals surface area contributed by atoms with Crippen LogP contribution in [0.4, 0.5) is 0 Å². The Morgan fingerprint density at radius 3 is 2.45 bits per heavy atom. The van der Waals surface area contributed by atoms with Gasteiger partial charge in [-0.15, -0.1) is 24.0 Å². The fourth-order valence-electron chi connectivity index (χ4n) is 3.29. The van der Waals surface area contributed by atoms with Crippen molar-refractivity contribution in [2.75, 3.05) is 20.1 Å². The van der Waals surface area contributed by atoms with Gasteiger partial charge in [0, 0.05) is 39.9 Å². The monoisotopic (exact) mass is 532 g/mol. The molecule has 0 amide bonds. The molecule has 2 heterocycles. The molecule has 29 heavy (non-hydrogen) atoms. The molecule has 0 bridgehead atoms. The minimum atomic E-state index is -3.48. The molecular formula is C19H29IN6O2S. The molecule has 1 saturated heterocycles. The number of aromatic nitrogens is 2. The molecule has 0 aliphatic carbocycles. The summed E-state index contributed by atoms with van der Waals surface area (Å²) in [5.74, 6) is 0.603. The molecule has 0 atom stereocenters. The third-order valence-corrected chi connectivity index (χ3v) is 6.93. The number of hydrogen-bond donors (Lipinski definition) is 2. The lowest BCUT2D eigenvalue weighted by molar-refractivity contribution is 0.346. The zero-order chi connectivity index (χ0) is 20.0. The molecule has 2 aromatic rings. The van der Waals surface area contributed by atoms with Crippen LogP contribution in [0, 0.1) is 0 Å². The summed E-state index contributed by atoms with van der Waals surface area (Å²) >= 11 is 0. The van der Waals surface area contributed by atoms with Crippen molar-refractivity contribution in [3.8, 4) is 0 Å².